The van der Waals surface area contributed by atoms with Crippen molar-refractivity contribution in [3.05, 3.63) is 35.4 Å². The van der Waals surface area contributed by atoms with Crippen LogP contribution >= 0.6 is 0 Å². The molecule has 1 aromatic carbocycles. The highest BCUT2D eigenvalue weighted by Gasteiger charge is 2.46. The fraction of sp³-hybridized carbons (Fsp3) is 0.389. The molecular formula is C18H19F2N3O5. The van der Waals surface area contributed by atoms with Gasteiger partial charge in [0.25, 0.3) is 18.2 Å². The monoisotopic (exact) mass is 395 g/mol. The first-order chi connectivity index (χ1) is 13.1. The summed E-state index contributed by atoms with van der Waals surface area (Å²) in [6.07, 6.45) is -3.36. The van der Waals surface area contributed by atoms with Gasteiger partial charge in [0.2, 0.25) is 5.91 Å². The van der Waals surface area contributed by atoms with Crippen molar-refractivity contribution in [1.29, 1.82) is 0 Å². The largest absolute Gasteiger partial charge is 0.381 e. The van der Waals surface area contributed by atoms with Gasteiger partial charge in [-0.15, -0.1) is 0 Å². The Bertz CT molecular complexity index is 830. The summed E-state index contributed by atoms with van der Waals surface area (Å²) < 4.78 is 26.0. The molecule has 3 unspecified atom stereocenters. The Kier molecular flexibility index (Phi) is 6.33. The third-order valence-electron chi connectivity index (χ3n) is 4.22. The number of nitrogens with zero attached hydrogens (tertiary/aromatic N) is 1. The summed E-state index contributed by atoms with van der Waals surface area (Å²) in [7, 11) is 0. The smallest absolute Gasteiger partial charge is 0.269 e. The van der Waals surface area contributed by atoms with Crippen LogP contribution in [0.3, 0.4) is 0 Å². The van der Waals surface area contributed by atoms with Gasteiger partial charge in [-0.3, -0.25) is 19.6 Å². The highest BCUT2D eigenvalue weighted by atomic mass is 19.3. The Morgan fingerprint density at radius 3 is 2.36 bits per heavy atom. The molecular weight excluding hydrogens is 376 g/mol. The molecule has 3 amide bonds. The van der Waals surface area contributed by atoms with Gasteiger partial charge >= 0.3 is 0 Å². The van der Waals surface area contributed by atoms with Gasteiger partial charge in [0.1, 0.15) is 12.1 Å². The number of carbonyl (C=O) groups is 3. The minimum Gasteiger partial charge on any atom is -0.381 e. The molecule has 4 N–H and O–H groups in total. The Hall–Kier alpha value is -3.03. The van der Waals surface area contributed by atoms with Gasteiger partial charge in [0.05, 0.1) is 6.54 Å². The molecule has 0 aliphatic carbocycles. The number of benzene rings is 1. The lowest BCUT2D eigenvalue weighted by molar-refractivity contribution is -0.149. The number of hydrogen-bond donors (Lipinski definition) is 4. The third-order valence-corrected chi connectivity index (χ3v) is 4.22. The van der Waals surface area contributed by atoms with Gasteiger partial charge in [-0.1, -0.05) is 11.8 Å². The third kappa shape index (κ3) is 4.82. The number of aliphatic hydroxyl groups is 1. The summed E-state index contributed by atoms with van der Waals surface area (Å²) in [6.45, 7) is 2.69. The predicted octanol–water partition coefficient (Wildman–Crippen LogP) is -0.111. The number of halogens is 2. The molecule has 1 saturated heterocycles. The summed E-state index contributed by atoms with van der Waals surface area (Å²) in [5.74, 6) is 3.40. The Labute approximate surface area is 159 Å². The average molecular weight is 395 g/mol. The molecule has 1 aliphatic heterocycles. The van der Waals surface area contributed by atoms with Crippen molar-refractivity contribution in [3.63, 3.8) is 0 Å². The van der Waals surface area contributed by atoms with E-state index in [1.807, 2.05) is 5.32 Å². The summed E-state index contributed by atoms with van der Waals surface area (Å²) in [6, 6.07) is 3.52. The van der Waals surface area contributed by atoms with Crippen molar-refractivity contribution in [2.75, 3.05) is 6.54 Å². The van der Waals surface area contributed by atoms with E-state index in [4.69, 9.17) is 5.21 Å². The van der Waals surface area contributed by atoms with Gasteiger partial charge in [-0.25, -0.2) is 14.3 Å². The van der Waals surface area contributed by atoms with Crippen LogP contribution < -0.4 is 10.8 Å². The van der Waals surface area contributed by atoms with Crippen molar-refractivity contribution >= 4 is 17.7 Å². The number of alkyl halides is 2. The van der Waals surface area contributed by atoms with Crippen molar-refractivity contribution < 1.29 is 33.5 Å². The van der Waals surface area contributed by atoms with E-state index < -0.39 is 29.9 Å². The van der Waals surface area contributed by atoms with Crippen LogP contribution in [0.15, 0.2) is 24.3 Å². The number of amides is 3. The first-order valence-electron chi connectivity index (χ1n) is 8.22. The maximum Gasteiger partial charge on any atom is 0.269 e. The van der Waals surface area contributed by atoms with E-state index in [1.54, 1.807) is 4.90 Å². The molecule has 1 heterocycles. The average Bonchev–Trinajstić information content (AvgIpc) is 3.43. The van der Waals surface area contributed by atoms with E-state index in [2.05, 4.69) is 11.8 Å². The number of nitrogens with one attached hydrogen (secondary N) is 2. The lowest BCUT2D eigenvalue weighted by Gasteiger charge is -2.30. The fourth-order valence-corrected chi connectivity index (χ4v) is 2.36. The van der Waals surface area contributed by atoms with E-state index in [9.17, 15) is 28.3 Å². The fourth-order valence-electron chi connectivity index (χ4n) is 2.36. The molecule has 0 saturated carbocycles. The van der Waals surface area contributed by atoms with Gasteiger partial charge in [-0.2, -0.15) is 0 Å². The predicted molar refractivity (Wildman–Crippen MR) is 92.3 cm³/mol. The molecule has 1 fully saturated rings. The van der Waals surface area contributed by atoms with E-state index in [0.29, 0.717) is 19.0 Å². The summed E-state index contributed by atoms with van der Waals surface area (Å²) in [4.78, 5) is 36.5. The second kappa shape index (κ2) is 8.33. The van der Waals surface area contributed by atoms with Crippen LogP contribution in [0, 0.1) is 11.8 Å². The summed E-state index contributed by atoms with van der Waals surface area (Å²) in [5, 5.41) is 20.5. The minimum atomic E-state index is -3.36. The molecule has 28 heavy (non-hydrogen) atoms. The zero-order chi connectivity index (χ0) is 21.1. The lowest BCUT2D eigenvalue weighted by atomic mass is 9.95. The van der Waals surface area contributed by atoms with Crippen molar-refractivity contribution in [1.82, 2.24) is 15.7 Å². The van der Waals surface area contributed by atoms with Crippen LogP contribution in [0.1, 0.15) is 29.8 Å². The summed E-state index contributed by atoms with van der Waals surface area (Å²) >= 11 is 0. The van der Waals surface area contributed by atoms with Crippen LogP contribution in [0.4, 0.5) is 8.78 Å². The van der Waals surface area contributed by atoms with Crippen LogP contribution in [-0.4, -0.2) is 63.6 Å². The van der Waals surface area contributed by atoms with E-state index in [-0.39, 0.29) is 17.5 Å². The maximum atomic E-state index is 13.0. The quantitative estimate of drug-likeness (QED) is 0.240. The molecule has 2 rings (SSSR count). The van der Waals surface area contributed by atoms with E-state index in [0.717, 1.165) is 5.48 Å². The summed E-state index contributed by atoms with van der Waals surface area (Å²) in [5.41, 5.74) is -1.16. The van der Waals surface area contributed by atoms with Crippen molar-refractivity contribution in [2.45, 2.75) is 38.0 Å². The normalized spacial score (nSPS) is 18.4. The SMILES string of the molecule is CC(=O)N1CC1C#Cc1ccc(C(=O)NC(C(=O)NO)C(C)(O)C(F)F)cc1. The molecule has 0 spiro atoms. The molecule has 1 aliphatic rings. The first-order valence-corrected chi connectivity index (χ1v) is 8.22. The molecule has 1 aromatic rings. The van der Waals surface area contributed by atoms with Gasteiger partial charge in [0, 0.05) is 18.1 Å². The zero-order valence-electron chi connectivity index (χ0n) is 15.1. The molecule has 150 valence electrons. The van der Waals surface area contributed by atoms with E-state index in [1.165, 1.54) is 31.2 Å². The highest BCUT2D eigenvalue weighted by Crippen LogP contribution is 2.20. The molecule has 10 heteroatoms. The van der Waals surface area contributed by atoms with Crippen LogP contribution in [-0.2, 0) is 9.59 Å². The second-order valence-electron chi connectivity index (χ2n) is 6.44. The Balaban J connectivity index is 2.08. The number of hydrogen-bond acceptors (Lipinski definition) is 5. The van der Waals surface area contributed by atoms with Crippen LogP contribution in [0.25, 0.3) is 0 Å². The van der Waals surface area contributed by atoms with Crippen molar-refractivity contribution in [2.24, 2.45) is 0 Å². The topological polar surface area (TPSA) is 119 Å². The molecule has 0 aromatic heterocycles. The van der Waals surface area contributed by atoms with Crippen LogP contribution in [0.2, 0.25) is 0 Å². The number of carbonyl (C=O) groups excluding carboxylic acids is 3. The standard InChI is InChI=1S/C18H19F2N3O5/c1-10(24)23-9-13(23)8-5-11-3-6-12(7-4-11)15(25)21-14(16(26)22-28)18(2,27)17(19)20/h3-4,6-7,13-14,17,27-28H,9H2,1-2H3,(H,21,25)(H,22,26). The highest BCUT2D eigenvalue weighted by molar-refractivity contribution is 5.97. The van der Waals surface area contributed by atoms with Crippen molar-refractivity contribution in [3.8, 4) is 11.8 Å². The van der Waals surface area contributed by atoms with Gasteiger partial charge in [0.15, 0.2) is 5.60 Å². The van der Waals surface area contributed by atoms with Gasteiger partial charge in [-0.05, 0) is 31.2 Å². The molecule has 8 nitrogen and oxygen atoms in total. The maximum absolute atomic E-state index is 13.0. The lowest BCUT2D eigenvalue weighted by Crippen LogP contribution is -2.61. The molecule has 0 bridgehead atoms. The minimum absolute atomic E-state index is 0.0307. The van der Waals surface area contributed by atoms with E-state index >= 15 is 0 Å². The Morgan fingerprint density at radius 1 is 1.29 bits per heavy atom. The Morgan fingerprint density at radius 2 is 1.89 bits per heavy atom. The number of rotatable bonds is 5. The van der Waals surface area contributed by atoms with Crippen LogP contribution in [0.5, 0.6) is 0 Å². The molecule has 0 radical (unpaired) electrons. The van der Waals surface area contributed by atoms with Gasteiger partial charge < -0.3 is 15.3 Å². The zero-order valence-corrected chi connectivity index (χ0v) is 15.1. The molecule has 3 atom stereocenters. The first kappa shape index (κ1) is 21.3. The number of hydroxylamine groups is 1. The second-order valence-corrected chi connectivity index (χ2v) is 6.44.